The van der Waals surface area contributed by atoms with Gasteiger partial charge in [0.2, 0.25) is 0 Å². The van der Waals surface area contributed by atoms with Crippen LogP contribution < -0.4 is 0 Å². The molecule has 2 aromatic heterocycles. The first-order valence-electron chi connectivity index (χ1n) is 6.66. The monoisotopic (exact) mass is 273 g/mol. The summed E-state index contributed by atoms with van der Waals surface area (Å²) in [5, 5.41) is 13.3. The molecule has 0 aliphatic carbocycles. The maximum absolute atomic E-state index is 5.27. The van der Waals surface area contributed by atoms with Crippen molar-refractivity contribution in [3.63, 3.8) is 0 Å². The van der Waals surface area contributed by atoms with Gasteiger partial charge in [0.15, 0.2) is 0 Å². The van der Waals surface area contributed by atoms with Gasteiger partial charge < -0.3 is 4.52 Å². The number of aromatic nitrogens is 3. The van der Waals surface area contributed by atoms with Gasteiger partial charge in [0, 0.05) is 11.1 Å². The highest BCUT2D eigenvalue weighted by molar-refractivity contribution is 5.91. The Labute approximate surface area is 121 Å². The smallest absolute Gasteiger partial charge is 0.277 e. The van der Waals surface area contributed by atoms with Crippen LogP contribution in [0.5, 0.6) is 0 Å². The first-order valence-corrected chi connectivity index (χ1v) is 6.66. The van der Waals surface area contributed by atoms with E-state index in [0.29, 0.717) is 5.71 Å². The van der Waals surface area contributed by atoms with Crippen molar-refractivity contribution in [2.75, 3.05) is 0 Å². The van der Waals surface area contributed by atoms with Crippen molar-refractivity contribution >= 4 is 11.1 Å². The highest BCUT2D eigenvalue weighted by atomic mass is 16.5. The van der Waals surface area contributed by atoms with Crippen LogP contribution in [0.4, 0.5) is 0 Å². The minimum Gasteiger partial charge on any atom is -0.334 e. The molecule has 0 fully saturated rings. The van der Waals surface area contributed by atoms with E-state index in [-0.39, 0.29) is 0 Å². The van der Waals surface area contributed by atoms with Crippen LogP contribution in [0, 0.1) is 0 Å². The van der Waals surface area contributed by atoms with Crippen LogP contribution in [0.1, 0.15) is 0 Å². The summed E-state index contributed by atoms with van der Waals surface area (Å²) < 4.78 is 5.27. The van der Waals surface area contributed by atoms with E-state index in [1.807, 2.05) is 66.7 Å². The fourth-order valence-corrected chi connectivity index (χ4v) is 2.31. The molecule has 0 aliphatic heterocycles. The summed E-state index contributed by atoms with van der Waals surface area (Å²) in [6.07, 6.45) is 0. The fraction of sp³-hybridized carbons (Fsp3) is 0. The number of rotatable bonds is 2. The molecule has 100 valence electrons. The SMILES string of the molecule is c1ccc(-c2cc3c(-c4ccccc4)noc3nn2)cc1. The van der Waals surface area contributed by atoms with Crippen LogP contribution in [-0.4, -0.2) is 15.4 Å². The molecular weight excluding hydrogens is 262 g/mol. The van der Waals surface area contributed by atoms with Gasteiger partial charge in [-0.15, -0.1) is 10.2 Å². The van der Waals surface area contributed by atoms with Gasteiger partial charge >= 0.3 is 0 Å². The fourth-order valence-electron chi connectivity index (χ4n) is 2.31. The maximum atomic E-state index is 5.27. The van der Waals surface area contributed by atoms with E-state index in [4.69, 9.17) is 4.52 Å². The summed E-state index contributed by atoms with van der Waals surface area (Å²) in [6, 6.07) is 21.8. The highest BCUT2D eigenvalue weighted by Gasteiger charge is 2.13. The Morgan fingerprint density at radius 1 is 0.714 bits per heavy atom. The summed E-state index contributed by atoms with van der Waals surface area (Å²) >= 11 is 0. The first-order chi connectivity index (χ1) is 10.4. The van der Waals surface area contributed by atoms with E-state index in [1.165, 1.54) is 0 Å². The molecule has 0 spiro atoms. The molecule has 4 nitrogen and oxygen atoms in total. The minimum atomic E-state index is 0.452. The number of hydrogen-bond donors (Lipinski definition) is 0. The lowest BCUT2D eigenvalue weighted by Crippen LogP contribution is -1.87. The van der Waals surface area contributed by atoms with Crippen LogP contribution in [0.15, 0.2) is 71.3 Å². The number of nitrogens with zero attached hydrogens (tertiary/aromatic N) is 3. The Balaban J connectivity index is 1.91. The molecule has 0 atom stereocenters. The number of fused-ring (bicyclic) bond motifs is 1. The minimum absolute atomic E-state index is 0.452. The van der Waals surface area contributed by atoms with Crippen molar-refractivity contribution in [3.05, 3.63) is 66.7 Å². The van der Waals surface area contributed by atoms with E-state index in [0.717, 1.165) is 27.9 Å². The van der Waals surface area contributed by atoms with Gasteiger partial charge in [-0.05, 0) is 6.07 Å². The molecule has 21 heavy (non-hydrogen) atoms. The van der Waals surface area contributed by atoms with E-state index >= 15 is 0 Å². The van der Waals surface area contributed by atoms with Crippen molar-refractivity contribution in [1.82, 2.24) is 15.4 Å². The highest BCUT2D eigenvalue weighted by Crippen LogP contribution is 2.28. The average molecular weight is 273 g/mol. The van der Waals surface area contributed by atoms with E-state index in [1.54, 1.807) is 0 Å². The molecule has 0 unspecified atom stereocenters. The topological polar surface area (TPSA) is 51.8 Å². The zero-order valence-corrected chi connectivity index (χ0v) is 11.1. The van der Waals surface area contributed by atoms with Crippen LogP contribution in [0.25, 0.3) is 33.6 Å². The lowest BCUT2D eigenvalue weighted by Gasteiger charge is -1.99. The molecule has 0 aliphatic rings. The summed E-state index contributed by atoms with van der Waals surface area (Å²) in [5.74, 6) is 0. The normalized spacial score (nSPS) is 10.9. The summed E-state index contributed by atoms with van der Waals surface area (Å²) in [4.78, 5) is 0. The van der Waals surface area contributed by atoms with Crippen molar-refractivity contribution in [1.29, 1.82) is 0 Å². The third-order valence-electron chi connectivity index (χ3n) is 3.36. The third-order valence-corrected chi connectivity index (χ3v) is 3.36. The summed E-state index contributed by atoms with van der Waals surface area (Å²) in [6.45, 7) is 0. The Bertz CT molecular complexity index is 886. The standard InChI is InChI=1S/C17H11N3O/c1-3-7-12(8-4-1)15-11-14-16(13-9-5-2-6-10-13)20-21-17(14)19-18-15/h1-11H. The molecular formula is C17H11N3O. The zero-order valence-electron chi connectivity index (χ0n) is 11.1. The Morgan fingerprint density at radius 3 is 2.10 bits per heavy atom. The average Bonchev–Trinajstić information content (AvgIpc) is 2.99. The molecule has 0 saturated heterocycles. The zero-order chi connectivity index (χ0) is 14.1. The summed E-state index contributed by atoms with van der Waals surface area (Å²) in [7, 11) is 0. The van der Waals surface area contributed by atoms with Gasteiger partial charge in [-0.3, -0.25) is 0 Å². The predicted octanol–water partition coefficient (Wildman–Crippen LogP) is 3.95. The molecule has 0 bridgehead atoms. The van der Waals surface area contributed by atoms with Gasteiger partial charge in [-0.25, -0.2) is 0 Å². The lowest BCUT2D eigenvalue weighted by molar-refractivity contribution is 0.449. The predicted molar refractivity (Wildman–Crippen MR) is 80.5 cm³/mol. The molecule has 0 amide bonds. The Kier molecular flexibility index (Phi) is 2.71. The molecule has 2 heterocycles. The maximum Gasteiger partial charge on any atom is 0.277 e. The molecule has 4 aromatic rings. The molecule has 4 heteroatoms. The second-order valence-corrected chi connectivity index (χ2v) is 4.71. The molecule has 0 radical (unpaired) electrons. The molecule has 4 rings (SSSR count). The quantitative estimate of drug-likeness (QED) is 0.555. The van der Waals surface area contributed by atoms with Crippen LogP contribution in [0.3, 0.4) is 0 Å². The van der Waals surface area contributed by atoms with Crippen molar-refractivity contribution < 1.29 is 4.52 Å². The van der Waals surface area contributed by atoms with Gasteiger partial charge in [-0.1, -0.05) is 65.8 Å². The number of benzene rings is 2. The van der Waals surface area contributed by atoms with Crippen molar-refractivity contribution in [2.24, 2.45) is 0 Å². The van der Waals surface area contributed by atoms with Crippen LogP contribution >= 0.6 is 0 Å². The number of hydrogen-bond acceptors (Lipinski definition) is 4. The van der Waals surface area contributed by atoms with Gasteiger partial charge in [0.25, 0.3) is 5.71 Å². The molecule has 0 saturated carbocycles. The van der Waals surface area contributed by atoms with E-state index in [2.05, 4.69) is 15.4 Å². The van der Waals surface area contributed by atoms with Gasteiger partial charge in [0.1, 0.15) is 5.69 Å². The Morgan fingerprint density at radius 2 is 1.38 bits per heavy atom. The van der Waals surface area contributed by atoms with E-state index in [9.17, 15) is 0 Å². The van der Waals surface area contributed by atoms with Crippen LogP contribution in [-0.2, 0) is 0 Å². The Hall–Kier alpha value is -3.01. The lowest BCUT2D eigenvalue weighted by atomic mass is 10.1. The second-order valence-electron chi connectivity index (χ2n) is 4.71. The third kappa shape index (κ3) is 2.07. The van der Waals surface area contributed by atoms with Gasteiger partial charge in [-0.2, -0.15) is 0 Å². The summed E-state index contributed by atoms with van der Waals surface area (Å²) in [5.41, 5.74) is 4.07. The second kappa shape index (κ2) is 4.83. The molecule has 2 aromatic carbocycles. The van der Waals surface area contributed by atoms with E-state index < -0.39 is 0 Å². The van der Waals surface area contributed by atoms with Crippen molar-refractivity contribution in [2.45, 2.75) is 0 Å². The first kappa shape index (κ1) is 11.8. The van der Waals surface area contributed by atoms with Gasteiger partial charge in [0.05, 0.1) is 11.1 Å². The van der Waals surface area contributed by atoms with Crippen molar-refractivity contribution in [3.8, 4) is 22.5 Å². The molecule has 0 N–H and O–H groups in total. The largest absolute Gasteiger partial charge is 0.334 e. The van der Waals surface area contributed by atoms with Crippen LogP contribution in [0.2, 0.25) is 0 Å².